The Hall–Kier alpha value is -0.670. The molecule has 0 spiro atoms. The van der Waals surface area contributed by atoms with Crippen molar-refractivity contribution in [2.75, 3.05) is 30.6 Å². The Kier molecular flexibility index (Phi) is 9.26. The Balaban J connectivity index is 0. The molecule has 0 aromatic carbocycles. The quantitative estimate of drug-likeness (QED) is 0.596. The first kappa shape index (κ1) is 18.7. The zero-order valence-corrected chi connectivity index (χ0v) is 11.7. The number of hydrogen-bond donors (Lipinski definition) is 2. The van der Waals surface area contributed by atoms with Crippen LogP contribution in [0.3, 0.4) is 0 Å². The van der Waals surface area contributed by atoms with Crippen molar-refractivity contribution in [2.45, 2.75) is 12.8 Å². The van der Waals surface area contributed by atoms with Crippen LogP contribution >= 0.6 is 0 Å². The van der Waals surface area contributed by atoms with Crippen LogP contribution < -0.4 is 11.5 Å². The minimum atomic E-state index is -3.02. The van der Waals surface area contributed by atoms with Gasteiger partial charge in [0, 0.05) is 18.9 Å². The Labute approximate surface area is 102 Å². The summed E-state index contributed by atoms with van der Waals surface area (Å²) in [6.45, 7) is 0.451. The molecule has 0 unspecified atom stereocenters. The molecule has 0 aliphatic carbocycles. The summed E-state index contributed by atoms with van der Waals surface area (Å²) >= 11 is 0. The fourth-order valence-corrected chi connectivity index (χ4v) is 1.89. The van der Waals surface area contributed by atoms with E-state index in [0.717, 1.165) is 6.26 Å². The Bertz CT molecular complexity index is 413. The molecule has 104 valence electrons. The molecule has 0 aliphatic rings. The normalized spacial score (nSPS) is 11.5. The lowest BCUT2D eigenvalue weighted by Gasteiger charge is -1.91. The lowest BCUT2D eigenvalue weighted by Crippen LogP contribution is -2.16. The molecule has 1 amide bonds. The second kappa shape index (κ2) is 8.43. The highest BCUT2D eigenvalue weighted by atomic mass is 32.2. The molecule has 7 nitrogen and oxygen atoms in total. The van der Waals surface area contributed by atoms with Gasteiger partial charge in [0.25, 0.3) is 0 Å². The van der Waals surface area contributed by atoms with Crippen LogP contribution in [-0.4, -0.2) is 53.3 Å². The van der Waals surface area contributed by atoms with Crippen LogP contribution in [0.15, 0.2) is 0 Å². The first-order valence-electron chi connectivity index (χ1n) is 4.82. The predicted molar refractivity (Wildman–Crippen MR) is 66.9 cm³/mol. The van der Waals surface area contributed by atoms with Crippen LogP contribution in [0.2, 0.25) is 0 Å². The van der Waals surface area contributed by atoms with Gasteiger partial charge < -0.3 is 11.5 Å². The first-order valence-corrected chi connectivity index (χ1v) is 8.94. The first-order chi connectivity index (χ1) is 7.48. The summed E-state index contributed by atoms with van der Waals surface area (Å²) in [6, 6.07) is 0. The van der Waals surface area contributed by atoms with Crippen molar-refractivity contribution in [3.8, 4) is 0 Å². The highest BCUT2D eigenvalue weighted by Crippen LogP contribution is 1.86. The van der Waals surface area contributed by atoms with Gasteiger partial charge in [-0.15, -0.1) is 0 Å². The maximum Gasteiger partial charge on any atom is 0.218 e. The minimum absolute atomic E-state index is 0.0845. The van der Waals surface area contributed by atoms with Gasteiger partial charge in [-0.25, -0.2) is 16.8 Å². The largest absolute Gasteiger partial charge is 0.370 e. The van der Waals surface area contributed by atoms with Gasteiger partial charge >= 0.3 is 0 Å². The number of carbonyl (C=O) groups is 1. The third-order valence-corrected chi connectivity index (χ3v) is 3.41. The fourth-order valence-electron chi connectivity index (χ4n) is 0.632. The van der Waals surface area contributed by atoms with Crippen LogP contribution in [0.5, 0.6) is 0 Å². The predicted octanol–water partition coefficient (Wildman–Crippen LogP) is -1.71. The fraction of sp³-hybridized carbons (Fsp3) is 0.875. The molecule has 0 saturated carbocycles. The van der Waals surface area contributed by atoms with Gasteiger partial charge in [-0.3, -0.25) is 4.79 Å². The minimum Gasteiger partial charge on any atom is -0.370 e. The summed E-state index contributed by atoms with van der Waals surface area (Å²) in [5.41, 5.74) is 9.77. The Morgan fingerprint density at radius 3 is 1.53 bits per heavy atom. The van der Waals surface area contributed by atoms with Gasteiger partial charge in [0.15, 0.2) is 0 Å². The summed E-state index contributed by atoms with van der Waals surface area (Å²) in [4.78, 5) is 10.0. The maximum atomic E-state index is 10.3. The number of rotatable bonds is 6. The van der Waals surface area contributed by atoms with Crippen molar-refractivity contribution in [1.82, 2.24) is 0 Å². The molecule has 0 aliphatic heterocycles. The molecule has 17 heavy (non-hydrogen) atoms. The molecule has 0 fully saturated rings. The van der Waals surface area contributed by atoms with Crippen molar-refractivity contribution in [3.63, 3.8) is 0 Å². The lowest BCUT2D eigenvalue weighted by molar-refractivity contribution is -0.117. The van der Waals surface area contributed by atoms with Crippen molar-refractivity contribution < 1.29 is 21.6 Å². The third kappa shape index (κ3) is 25.5. The van der Waals surface area contributed by atoms with Crippen LogP contribution in [0.25, 0.3) is 0 Å². The van der Waals surface area contributed by atoms with E-state index in [1.165, 1.54) is 6.26 Å². The molecular weight excluding hydrogens is 268 g/mol. The van der Waals surface area contributed by atoms with Crippen molar-refractivity contribution in [2.24, 2.45) is 11.5 Å². The topological polar surface area (TPSA) is 137 Å². The summed E-state index contributed by atoms with van der Waals surface area (Å²) < 4.78 is 41.3. The summed E-state index contributed by atoms with van der Waals surface area (Å²) in [5.74, 6) is -0.522. The van der Waals surface area contributed by atoms with Crippen molar-refractivity contribution in [1.29, 1.82) is 0 Å². The number of primary amides is 1. The molecule has 0 atom stereocenters. The summed E-state index contributed by atoms with van der Waals surface area (Å²) in [6.07, 6.45) is 2.76. The standard InChI is InChI=1S/C4H9NO3S.C4H11NO2S/c1-9(7,8)3-2-4(5)6;1-8(6,7)4-2-3-5/h2-3H2,1H3,(H2,5,6);2-5H2,1H3. The Morgan fingerprint density at radius 2 is 1.41 bits per heavy atom. The van der Waals surface area contributed by atoms with Gasteiger partial charge in [0.2, 0.25) is 5.91 Å². The van der Waals surface area contributed by atoms with Gasteiger partial charge in [-0.05, 0) is 13.0 Å². The van der Waals surface area contributed by atoms with E-state index in [4.69, 9.17) is 11.5 Å². The smallest absolute Gasteiger partial charge is 0.218 e. The van der Waals surface area contributed by atoms with Crippen LogP contribution in [0, 0.1) is 0 Å². The van der Waals surface area contributed by atoms with E-state index in [9.17, 15) is 21.6 Å². The number of nitrogens with two attached hydrogens (primary N) is 2. The summed E-state index contributed by atoms with van der Waals surface area (Å²) in [7, 11) is -5.79. The molecule has 0 radical (unpaired) electrons. The van der Waals surface area contributed by atoms with Crippen molar-refractivity contribution >= 4 is 25.6 Å². The van der Waals surface area contributed by atoms with E-state index < -0.39 is 25.6 Å². The van der Waals surface area contributed by atoms with Crippen LogP contribution in [0.4, 0.5) is 0 Å². The van der Waals surface area contributed by atoms with Crippen LogP contribution in [-0.2, 0) is 24.5 Å². The second-order valence-electron chi connectivity index (χ2n) is 3.62. The van der Waals surface area contributed by atoms with E-state index in [1.54, 1.807) is 0 Å². The van der Waals surface area contributed by atoms with Gasteiger partial charge in [-0.2, -0.15) is 0 Å². The molecule has 0 bridgehead atoms. The Morgan fingerprint density at radius 1 is 1.00 bits per heavy atom. The average molecular weight is 288 g/mol. The monoisotopic (exact) mass is 288 g/mol. The van der Waals surface area contributed by atoms with E-state index >= 15 is 0 Å². The SMILES string of the molecule is CS(=O)(=O)CCC(N)=O.CS(=O)(=O)CCCN. The highest BCUT2D eigenvalue weighted by Gasteiger charge is 2.03. The summed E-state index contributed by atoms with van der Waals surface area (Å²) in [5, 5.41) is 0. The van der Waals surface area contributed by atoms with E-state index in [1.807, 2.05) is 0 Å². The molecule has 4 N–H and O–H groups in total. The maximum absolute atomic E-state index is 10.3. The molecule has 0 heterocycles. The second-order valence-corrected chi connectivity index (χ2v) is 8.14. The van der Waals surface area contributed by atoms with E-state index in [2.05, 4.69) is 0 Å². The van der Waals surface area contributed by atoms with E-state index in [0.29, 0.717) is 13.0 Å². The van der Waals surface area contributed by atoms with Crippen LogP contribution in [0.1, 0.15) is 12.8 Å². The van der Waals surface area contributed by atoms with Gasteiger partial charge in [0.05, 0.1) is 11.5 Å². The molecular formula is C8H20N2O5S2. The van der Waals surface area contributed by atoms with Crippen molar-refractivity contribution in [3.05, 3.63) is 0 Å². The zero-order chi connectivity index (χ0) is 14.1. The molecule has 0 rings (SSSR count). The van der Waals surface area contributed by atoms with Gasteiger partial charge in [0.1, 0.15) is 19.7 Å². The average Bonchev–Trinajstić information content (AvgIpc) is 2.10. The molecule has 0 aromatic rings. The molecule has 9 heteroatoms. The van der Waals surface area contributed by atoms with E-state index in [-0.39, 0.29) is 17.9 Å². The molecule has 0 saturated heterocycles. The highest BCUT2D eigenvalue weighted by molar-refractivity contribution is 7.90. The van der Waals surface area contributed by atoms with Gasteiger partial charge in [-0.1, -0.05) is 0 Å². The third-order valence-electron chi connectivity index (χ3n) is 1.44. The number of sulfone groups is 2. The number of carbonyl (C=O) groups excluding carboxylic acids is 1. The zero-order valence-electron chi connectivity index (χ0n) is 10.0. The number of amides is 1. The molecule has 0 aromatic heterocycles. The lowest BCUT2D eigenvalue weighted by atomic mass is 10.5. The number of hydrogen-bond acceptors (Lipinski definition) is 6.